The summed E-state index contributed by atoms with van der Waals surface area (Å²) in [6.45, 7) is 2.30. The van der Waals surface area contributed by atoms with Crippen molar-refractivity contribution in [2.24, 2.45) is 0 Å². The van der Waals surface area contributed by atoms with Crippen molar-refractivity contribution in [2.45, 2.75) is 43.9 Å². The average Bonchev–Trinajstić information content (AvgIpc) is 2.26. The highest BCUT2D eigenvalue weighted by atomic mass is 32.2. The van der Waals surface area contributed by atoms with Crippen LogP contribution in [0.2, 0.25) is 0 Å². The third kappa shape index (κ3) is 5.04. The molecule has 100 valence electrons. The molecule has 1 rings (SSSR count). The summed E-state index contributed by atoms with van der Waals surface area (Å²) in [7, 11) is -2.96. The van der Waals surface area contributed by atoms with Gasteiger partial charge in [0, 0.05) is 12.3 Å². The van der Waals surface area contributed by atoms with Crippen molar-refractivity contribution in [3.63, 3.8) is 0 Å². The number of carbonyl (C=O) groups excluding carboxylic acids is 1. The Morgan fingerprint density at radius 2 is 2.12 bits per heavy atom. The molecule has 1 N–H and O–H groups in total. The van der Waals surface area contributed by atoms with Crippen LogP contribution in [0.5, 0.6) is 0 Å². The molecule has 0 aromatic carbocycles. The molecule has 1 aliphatic rings. The van der Waals surface area contributed by atoms with E-state index >= 15 is 0 Å². The van der Waals surface area contributed by atoms with Crippen LogP contribution in [0.15, 0.2) is 0 Å². The maximum absolute atomic E-state index is 11.5. The van der Waals surface area contributed by atoms with Gasteiger partial charge in [-0.1, -0.05) is 6.42 Å². The molecule has 0 amide bonds. The van der Waals surface area contributed by atoms with Crippen molar-refractivity contribution in [2.75, 3.05) is 19.4 Å². The van der Waals surface area contributed by atoms with Crippen LogP contribution in [0, 0.1) is 0 Å². The fourth-order valence-electron chi connectivity index (χ4n) is 2.16. The van der Waals surface area contributed by atoms with Gasteiger partial charge in [-0.25, -0.2) is 8.42 Å². The van der Waals surface area contributed by atoms with E-state index in [2.05, 4.69) is 5.32 Å². The first kappa shape index (κ1) is 14.4. The van der Waals surface area contributed by atoms with Crippen molar-refractivity contribution in [3.8, 4) is 0 Å². The Balaban J connectivity index is 2.38. The fourth-order valence-corrected chi connectivity index (χ4v) is 3.34. The minimum Gasteiger partial charge on any atom is -0.465 e. The predicted molar refractivity (Wildman–Crippen MR) is 65.5 cm³/mol. The van der Waals surface area contributed by atoms with Crippen LogP contribution in [0.3, 0.4) is 0 Å². The van der Waals surface area contributed by atoms with Crippen LogP contribution in [0.1, 0.15) is 32.6 Å². The molecule has 0 spiro atoms. The molecule has 0 saturated heterocycles. The number of hydrogen-bond acceptors (Lipinski definition) is 5. The highest BCUT2D eigenvalue weighted by Crippen LogP contribution is 2.23. The van der Waals surface area contributed by atoms with Gasteiger partial charge >= 0.3 is 5.97 Å². The van der Waals surface area contributed by atoms with Gasteiger partial charge in [-0.15, -0.1) is 0 Å². The summed E-state index contributed by atoms with van der Waals surface area (Å²) < 4.78 is 27.7. The van der Waals surface area contributed by atoms with Crippen molar-refractivity contribution in [1.29, 1.82) is 0 Å². The molecule has 2 atom stereocenters. The minimum atomic E-state index is -2.96. The fraction of sp³-hybridized carbons (Fsp3) is 0.909. The number of rotatable bonds is 5. The highest BCUT2D eigenvalue weighted by Gasteiger charge is 2.28. The van der Waals surface area contributed by atoms with Gasteiger partial charge in [-0.3, -0.25) is 4.79 Å². The van der Waals surface area contributed by atoms with Gasteiger partial charge in [0.2, 0.25) is 0 Å². The molecule has 1 fully saturated rings. The van der Waals surface area contributed by atoms with Crippen molar-refractivity contribution >= 4 is 15.8 Å². The molecule has 0 radical (unpaired) electrons. The summed E-state index contributed by atoms with van der Waals surface area (Å²) in [6.07, 6.45) is 4.42. The zero-order valence-electron chi connectivity index (χ0n) is 10.4. The van der Waals surface area contributed by atoms with Gasteiger partial charge in [0.25, 0.3) is 0 Å². The third-order valence-corrected chi connectivity index (χ3v) is 4.71. The Morgan fingerprint density at radius 1 is 1.41 bits per heavy atom. The minimum absolute atomic E-state index is 0.105. The van der Waals surface area contributed by atoms with Gasteiger partial charge in [-0.2, -0.15) is 0 Å². The van der Waals surface area contributed by atoms with E-state index in [0.717, 1.165) is 19.3 Å². The lowest BCUT2D eigenvalue weighted by Gasteiger charge is -2.28. The Labute approximate surface area is 103 Å². The second-order valence-corrected chi connectivity index (χ2v) is 6.83. The number of esters is 1. The van der Waals surface area contributed by atoms with Crippen LogP contribution in [-0.2, 0) is 19.4 Å². The smallest absolute Gasteiger partial charge is 0.319 e. The van der Waals surface area contributed by atoms with E-state index in [0.29, 0.717) is 13.0 Å². The molecule has 2 unspecified atom stereocenters. The molecule has 17 heavy (non-hydrogen) atoms. The molecule has 0 bridgehead atoms. The van der Waals surface area contributed by atoms with Crippen LogP contribution in [0.4, 0.5) is 0 Å². The van der Waals surface area contributed by atoms with Crippen LogP contribution in [0.25, 0.3) is 0 Å². The van der Waals surface area contributed by atoms with E-state index in [1.807, 2.05) is 0 Å². The van der Waals surface area contributed by atoms with Crippen molar-refractivity contribution in [3.05, 3.63) is 0 Å². The van der Waals surface area contributed by atoms with E-state index in [1.54, 1.807) is 6.92 Å². The summed E-state index contributed by atoms with van der Waals surface area (Å²) in [5.74, 6) is -0.283. The maximum Gasteiger partial charge on any atom is 0.319 e. The van der Waals surface area contributed by atoms with E-state index < -0.39 is 9.84 Å². The van der Waals surface area contributed by atoms with Gasteiger partial charge < -0.3 is 10.1 Å². The lowest BCUT2D eigenvalue weighted by atomic mass is 9.95. The Bertz CT molecular complexity index is 352. The zero-order valence-corrected chi connectivity index (χ0v) is 11.3. The molecular weight excluding hydrogens is 242 g/mol. The lowest BCUT2D eigenvalue weighted by Crippen LogP contribution is -2.41. The Kier molecular flexibility index (Phi) is 5.39. The SMILES string of the molecule is CCOC(=O)CNC1CCCC(S(C)(=O)=O)C1. The number of carbonyl (C=O) groups is 1. The van der Waals surface area contributed by atoms with E-state index in [-0.39, 0.29) is 23.8 Å². The zero-order chi connectivity index (χ0) is 12.9. The number of ether oxygens (including phenoxy) is 1. The topological polar surface area (TPSA) is 72.5 Å². The first-order valence-corrected chi connectivity index (χ1v) is 7.96. The molecule has 1 aliphatic carbocycles. The van der Waals surface area contributed by atoms with E-state index in [4.69, 9.17) is 4.74 Å². The summed E-state index contributed by atoms with van der Waals surface area (Å²) in [5.41, 5.74) is 0. The second kappa shape index (κ2) is 6.35. The van der Waals surface area contributed by atoms with Gasteiger partial charge in [0.15, 0.2) is 0 Å². The molecule has 1 saturated carbocycles. The molecule has 0 heterocycles. The average molecular weight is 263 g/mol. The quantitative estimate of drug-likeness (QED) is 0.731. The normalized spacial score (nSPS) is 25.5. The molecule has 6 heteroatoms. The molecule has 0 aliphatic heterocycles. The first-order chi connectivity index (χ1) is 7.93. The predicted octanol–water partition coefficient (Wildman–Crippen LogP) is 0.495. The standard InChI is InChI=1S/C11H21NO4S/c1-3-16-11(13)8-12-9-5-4-6-10(7-9)17(2,14)15/h9-10,12H,3-8H2,1-2H3. The summed E-state index contributed by atoms with van der Waals surface area (Å²) >= 11 is 0. The lowest BCUT2D eigenvalue weighted by molar-refractivity contribution is -0.142. The van der Waals surface area contributed by atoms with Crippen LogP contribution >= 0.6 is 0 Å². The van der Waals surface area contributed by atoms with E-state index in [9.17, 15) is 13.2 Å². The molecule has 0 aromatic rings. The van der Waals surface area contributed by atoms with Crippen LogP contribution in [-0.4, -0.2) is 45.1 Å². The summed E-state index contributed by atoms with van der Waals surface area (Å²) in [6, 6.07) is 0.105. The largest absolute Gasteiger partial charge is 0.465 e. The van der Waals surface area contributed by atoms with E-state index in [1.165, 1.54) is 6.26 Å². The number of nitrogens with one attached hydrogen (secondary N) is 1. The Morgan fingerprint density at radius 3 is 2.71 bits per heavy atom. The summed E-state index contributed by atoms with van der Waals surface area (Å²) in [4.78, 5) is 11.2. The molecule has 5 nitrogen and oxygen atoms in total. The second-order valence-electron chi connectivity index (χ2n) is 4.50. The summed E-state index contributed by atoms with van der Waals surface area (Å²) in [5, 5.41) is 2.80. The van der Waals surface area contributed by atoms with Gasteiger partial charge in [-0.05, 0) is 26.2 Å². The van der Waals surface area contributed by atoms with Crippen LogP contribution < -0.4 is 5.32 Å². The molecule has 0 aromatic heterocycles. The number of hydrogen-bond donors (Lipinski definition) is 1. The number of sulfone groups is 1. The van der Waals surface area contributed by atoms with Crippen molar-refractivity contribution in [1.82, 2.24) is 5.32 Å². The first-order valence-electron chi connectivity index (χ1n) is 6.01. The van der Waals surface area contributed by atoms with Gasteiger partial charge in [0.05, 0.1) is 18.4 Å². The maximum atomic E-state index is 11.5. The third-order valence-electron chi connectivity index (χ3n) is 3.07. The highest BCUT2D eigenvalue weighted by molar-refractivity contribution is 7.91. The van der Waals surface area contributed by atoms with Crippen molar-refractivity contribution < 1.29 is 17.9 Å². The Hall–Kier alpha value is -0.620. The molecular formula is C11H21NO4S. The monoisotopic (exact) mass is 263 g/mol. The van der Waals surface area contributed by atoms with Gasteiger partial charge in [0.1, 0.15) is 9.84 Å².